The molecule has 2 aliphatic rings. The van der Waals surface area contributed by atoms with Crippen molar-refractivity contribution >= 4 is 30.8 Å². The first-order chi connectivity index (χ1) is 12.9. The lowest BCUT2D eigenvalue weighted by molar-refractivity contribution is -0.150. The van der Waals surface area contributed by atoms with Crippen LogP contribution in [0.25, 0.3) is 0 Å². The molecule has 2 fully saturated rings. The van der Waals surface area contributed by atoms with Crippen LogP contribution >= 0.6 is 0 Å². The smallest absolute Gasteiger partial charge is 0.313 e. The summed E-state index contributed by atoms with van der Waals surface area (Å²) < 4.78 is 0. The summed E-state index contributed by atoms with van der Waals surface area (Å²) in [7, 11) is 2.13. The molecule has 3 amide bonds. The van der Waals surface area contributed by atoms with E-state index in [0.29, 0.717) is 31.8 Å². The second-order valence-corrected chi connectivity index (χ2v) is 7.39. The third-order valence-electron chi connectivity index (χ3n) is 5.25. The quantitative estimate of drug-likeness (QED) is 0.375. The van der Waals surface area contributed by atoms with Crippen LogP contribution in [-0.4, -0.2) is 67.4 Å². The van der Waals surface area contributed by atoms with Gasteiger partial charge in [-0.1, -0.05) is 13.2 Å². The molecule has 8 nitrogen and oxygen atoms in total. The number of hydrogen-bond donors (Lipinski definition) is 3. The monoisotopic (exact) mass is 377 g/mol. The molecule has 2 saturated heterocycles. The Morgan fingerprint density at radius 1 is 1.33 bits per heavy atom. The van der Waals surface area contributed by atoms with Crippen molar-refractivity contribution in [1.29, 1.82) is 0 Å². The van der Waals surface area contributed by atoms with E-state index in [9.17, 15) is 19.2 Å². The summed E-state index contributed by atoms with van der Waals surface area (Å²) in [4.78, 5) is 48.3. The molecule has 2 aliphatic heterocycles. The van der Waals surface area contributed by atoms with E-state index < -0.39 is 11.8 Å². The summed E-state index contributed by atoms with van der Waals surface area (Å²) in [5.74, 6) is -0.464. The average Bonchev–Trinajstić information content (AvgIpc) is 2.64. The van der Waals surface area contributed by atoms with Gasteiger partial charge in [-0.25, -0.2) is 0 Å². The second-order valence-electron chi connectivity index (χ2n) is 7.39. The van der Waals surface area contributed by atoms with Gasteiger partial charge in [0.25, 0.3) is 0 Å². The van der Waals surface area contributed by atoms with Gasteiger partial charge < -0.3 is 20.3 Å². The summed E-state index contributed by atoms with van der Waals surface area (Å²) in [6.07, 6.45) is 4.64. The number of piperazine rings is 1. The van der Waals surface area contributed by atoms with Crippen molar-refractivity contribution < 1.29 is 19.2 Å². The van der Waals surface area contributed by atoms with Gasteiger partial charge in [-0.15, -0.1) is 0 Å². The first-order valence-corrected chi connectivity index (χ1v) is 9.85. The highest BCUT2D eigenvalue weighted by atomic mass is 16.2. The molecule has 0 aliphatic carbocycles. The van der Waals surface area contributed by atoms with E-state index >= 15 is 0 Å². The number of ketones is 1. The molecule has 3 N–H and O–H groups in total. The van der Waals surface area contributed by atoms with Crippen LogP contribution in [0, 0.1) is 5.92 Å². The van der Waals surface area contributed by atoms with Crippen molar-refractivity contribution in [2.24, 2.45) is 5.92 Å². The Kier molecular flexibility index (Phi) is 8.28. The Bertz CT molecular complexity index is 564. The molecule has 0 bridgehead atoms. The molecule has 0 saturated carbocycles. The third-order valence-corrected chi connectivity index (χ3v) is 5.25. The Labute approximate surface area is 161 Å². The Morgan fingerprint density at radius 2 is 2.11 bits per heavy atom. The van der Waals surface area contributed by atoms with Crippen LogP contribution in [0.2, 0.25) is 6.32 Å². The summed E-state index contributed by atoms with van der Waals surface area (Å²) >= 11 is 0. The highest BCUT2D eigenvalue weighted by Gasteiger charge is 2.31. The number of amides is 3. The van der Waals surface area contributed by atoms with E-state index in [1.807, 2.05) is 6.92 Å². The topological polar surface area (TPSA) is 108 Å². The van der Waals surface area contributed by atoms with Crippen LogP contribution in [-0.2, 0) is 19.2 Å². The van der Waals surface area contributed by atoms with E-state index in [2.05, 4.69) is 23.2 Å². The summed E-state index contributed by atoms with van der Waals surface area (Å²) in [6, 6.07) is 0. The number of carbonyl (C=O) groups is 4. The number of rotatable bonds is 9. The molecule has 3 atom stereocenters. The molecule has 0 aromatic heterocycles. The van der Waals surface area contributed by atoms with Gasteiger partial charge in [0.15, 0.2) is 0 Å². The number of hydrogen-bond acceptors (Lipinski definition) is 5. The zero-order valence-electron chi connectivity index (χ0n) is 16.3. The molecular formula is C18H30BN4O4. The number of nitrogens with zero attached hydrogens (tertiary/aromatic N) is 1. The zero-order valence-corrected chi connectivity index (χ0v) is 16.3. The van der Waals surface area contributed by atoms with Crippen LogP contribution in [0.15, 0.2) is 0 Å². The Hall–Kier alpha value is -1.90. The van der Waals surface area contributed by atoms with Crippen molar-refractivity contribution in [3.8, 4) is 0 Å². The maximum Gasteiger partial charge on any atom is 0.313 e. The zero-order chi connectivity index (χ0) is 19.8. The summed E-state index contributed by atoms with van der Waals surface area (Å²) in [5, 5.41) is 8.60. The number of Topliss-reactive ketones (excluding diaryl/α,β-unsaturated/α-hetero) is 1. The minimum absolute atomic E-state index is 0.0513. The Morgan fingerprint density at radius 3 is 2.74 bits per heavy atom. The minimum Gasteiger partial charge on any atom is -0.360 e. The van der Waals surface area contributed by atoms with Gasteiger partial charge in [0.05, 0.1) is 12.7 Å². The maximum absolute atomic E-state index is 12.2. The lowest BCUT2D eigenvalue weighted by Gasteiger charge is -2.34. The fourth-order valence-electron chi connectivity index (χ4n) is 3.65. The summed E-state index contributed by atoms with van der Waals surface area (Å²) in [5.41, 5.74) is 0. The standard InChI is InChI=1S/C18H30BN4O4/c1-3-15(23-9-8-20-17(26)18(23)27)21-11-16(25)22-14-7-6-13(10-19-14)5-4-12(2)24/h13-15,21H,3-11H2,1-2H3,(H,20,26)(H,22,25). The first kappa shape index (κ1) is 21.4. The van der Waals surface area contributed by atoms with Crippen LogP contribution < -0.4 is 16.0 Å². The predicted octanol–water partition coefficient (Wildman–Crippen LogP) is -0.385. The maximum atomic E-state index is 12.2. The van der Waals surface area contributed by atoms with Crippen LogP contribution in [0.4, 0.5) is 0 Å². The van der Waals surface area contributed by atoms with Gasteiger partial charge >= 0.3 is 11.8 Å². The molecule has 2 rings (SSSR count). The van der Waals surface area contributed by atoms with Gasteiger partial charge in [0.1, 0.15) is 13.1 Å². The van der Waals surface area contributed by atoms with E-state index in [0.717, 1.165) is 25.6 Å². The molecule has 2 heterocycles. The van der Waals surface area contributed by atoms with E-state index in [1.165, 1.54) is 4.90 Å². The van der Waals surface area contributed by atoms with E-state index in [4.69, 9.17) is 0 Å². The number of nitrogens with one attached hydrogen (secondary N) is 3. The normalized spacial score (nSPS) is 24.0. The van der Waals surface area contributed by atoms with Gasteiger partial charge in [0, 0.05) is 19.5 Å². The molecule has 1 radical (unpaired) electrons. The predicted molar refractivity (Wildman–Crippen MR) is 102 cm³/mol. The molecule has 149 valence electrons. The average molecular weight is 377 g/mol. The van der Waals surface area contributed by atoms with Crippen molar-refractivity contribution in [3.63, 3.8) is 0 Å². The molecule has 3 unspecified atom stereocenters. The highest BCUT2D eigenvalue weighted by molar-refractivity contribution is 6.38. The third kappa shape index (κ3) is 6.64. The molecule has 9 heteroatoms. The summed E-state index contributed by atoms with van der Waals surface area (Å²) in [6.45, 7) is 4.50. The van der Waals surface area contributed by atoms with Crippen molar-refractivity contribution in [2.45, 2.75) is 64.4 Å². The molecular weight excluding hydrogens is 347 g/mol. The highest BCUT2D eigenvalue weighted by Crippen LogP contribution is 2.24. The molecule has 0 spiro atoms. The Balaban J connectivity index is 1.70. The van der Waals surface area contributed by atoms with E-state index in [-0.39, 0.29) is 30.3 Å². The van der Waals surface area contributed by atoms with Gasteiger partial charge in [0.2, 0.25) is 5.91 Å². The van der Waals surface area contributed by atoms with Crippen molar-refractivity contribution in [2.75, 3.05) is 19.6 Å². The molecule has 27 heavy (non-hydrogen) atoms. The first-order valence-electron chi connectivity index (χ1n) is 9.85. The second kappa shape index (κ2) is 10.4. The minimum atomic E-state index is -0.595. The van der Waals surface area contributed by atoms with Crippen molar-refractivity contribution in [1.82, 2.24) is 20.9 Å². The number of carbonyl (C=O) groups excluding carboxylic acids is 4. The SMILES string of the molecule is CCC(NCC(=O)NC1[B]CC(CCC(C)=O)CC1)N1CCNC(=O)C1=O. The lowest BCUT2D eigenvalue weighted by atomic mass is 9.56. The van der Waals surface area contributed by atoms with Crippen LogP contribution in [0.1, 0.15) is 46.0 Å². The van der Waals surface area contributed by atoms with Crippen LogP contribution in [0.3, 0.4) is 0 Å². The van der Waals surface area contributed by atoms with Gasteiger partial charge in [-0.05, 0) is 44.5 Å². The van der Waals surface area contributed by atoms with E-state index in [1.54, 1.807) is 6.92 Å². The molecule has 0 aromatic rings. The van der Waals surface area contributed by atoms with Gasteiger partial charge in [-0.2, -0.15) is 0 Å². The fourth-order valence-corrected chi connectivity index (χ4v) is 3.65. The van der Waals surface area contributed by atoms with Gasteiger partial charge in [-0.3, -0.25) is 19.7 Å². The van der Waals surface area contributed by atoms with Crippen LogP contribution in [0.5, 0.6) is 0 Å². The van der Waals surface area contributed by atoms with Crippen molar-refractivity contribution in [3.05, 3.63) is 0 Å². The lowest BCUT2D eigenvalue weighted by Crippen LogP contribution is -2.60. The fraction of sp³-hybridized carbons (Fsp3) is 0.778. The molecule has 0 aromatic carbocycles. The largest absolute Gasteiger partial charge is 0.360 e.